The fourth-order valence-electron chi connectivity index (χ4n) is 3.33. The van der Waals surface area contributed by atoms with Crippen molar-refractivity contribution in [2.45, 2.75) is 48.5 Å². The molecule has 3 rings (SSSR count). The lowest BCUT2D eigenvalue weighted by Crippen LogP contribution is -2.47. The van der Waals surface area contributed by atoms with Gasteiger partial charge in [0.15, 0.2) is 10.0 Å². The number of esters is 1. The molecule has 0 unspecified atom stereocenters. The van der Waals surface area contributed by atoms with Crippen LogP contribution in [0.2, 0.25) is 0 Å². The third kappa shape index (κ3) is 6.88. The van der Waals surface area contributed by atoms with Crippen LogP contribution in [0.25, 0.3) is 0 Å². The van der Waals surface area contributed by atoms with Crippen LogP contribution >= 0.6 is 35.3 Å². The summed E-state index contributed by atoms with van der Waals surface area (Å²) in [6.45, 7) is 3.77. The Morgan fingerprint density at radius 3 is 2.73 bits per heavy atom. The Hall–Kier alpha value is -2.06. The van der Waals surface area contributed by atoms with Crippen molar-refractivity contribution in [3.8, 4) is 5.75 Å². The van der Waals surface area contributed by atoms with Crippen LogP contribution in [0.15, 0.2) is 46.1 Å². The first-order valence-corrected chi connectivity index (χ1v) is 13.6. The zero-order valence-electron chi connectivity index (χ0n) is 19.9. The van der Waals surface area contributed by atoms with Gasteiger partial charge in [-0.2, -0.15) is 5.09 Å². The highest BCUT2D eigenvalue weighted by Gasteiger charge is 2.56. The largest absolute Gasteiger partial charge is 0.465 e. The van der Waals surface area contributed by atoms with Crippen molar-refractivity contribution in [1.29, 1.82) is 0 Å². The van der Waals surface area contributed by atoms with Gasteiger partial charge in [0.05, 0.1) is 13.2 Å². The Kier molecular flexibility index (Phi) is 9.05. The van der Waals surface area contributed by atoms with Crippen molar-refractivity contribution < 1.29 is 37.4 Å². The molecule has 1 saturated heterocycles. The number of rotatable bonds is 10. The number of aromatic nitrogens is 2. The lowest BCUT2D eigenvalue weighted by Gasteiger charge is -2.29. The first-order valence-electron chi connectivity index (χ1n) is 10.9. The number of alkyl halides is 2. The molecule has 5 atom stereocenters. The van der Waals surface area contributed by atoms with Gasteiger partial charge in [-0.15, -0.1) is 0 Å². The zero-order valence-corrected chi connectivity index (χ0v) is 23.1. The van der Waals surface area contributed by atoms with Crippen LogP contribution in [0.1, 0.15) is 27.0 Å². The highest BCUT2D eigenvalue weighted by molar-refractivity contribution is 9.10. The van der Waals surface area contributed by atoms with Crippen LogP contribution in [-0.2, 0) is 23.4 Å². The molecule has 16 heteroatoms. The summed E-state index contributed by atoms with van der Waals surface area (Å²) in [5.41, 5.74) is -3.08. The summed E-state index contributed by atoms with van der Waals surface area (Å²) in [5.74, 6) is -1.62. The van der Waals surface area contributed by atoms with E-state index in [1.54, 1.807) is 6.92 Å². The molecule has 0 saturated carbocycles. The molecule has 1 fully saturated rings. The molecule has 1 aromatic carbocycles. The number of hydrogen-bond acceptors (Lipinski definition) is 9. The summed E-state index contributed by atoms with van der Waals surface area (Å²) in [7, 11) is -4.47. The summed E-state index contributed by atoms with van der Waals surface area (Å²) >= 11 is 9.56. The second-order valence-electron chi connectivity index (χ2n) is 8.46. The van der Waals surface area contributed by atoms with Gasteiger partial charge in [0.25, 0.3) is 5.56 Å². The molecule has 1 aromatic heterocycles. The Morgan fingerprint density at radius 2 is 2.11 bits per heavy atom. The summed E-state index contributed by atoms with van der Waals surface area (Å²) in [6, 6.07) is 5.79. The number of benzene rings is 1. The van der Waals surface area contributed by atoms with Gasteiger partial charge in [0.2, 0.25) is 0 Å². The van der Waals surface area contributed by atoms with Gasteiger partial charge in [-0.3, -0.25) is 23.7 Å². The first kappa shape index (κ1) is 29.5. The summed E-state index contributed by atoms with van der Waals surface area (Å²) in [5, 5.41) is 13.2. The molecule has 1 aliphatic rings. The molecular weight excluding hydrogens is 604 g/mol. The molecule has 0 aliphatic carbocycles. The standard InChI is InChI=1S/C21H25BrClFN3O9P/c1-4-33-18(30)20(2,3)26-37(32,36-13-7-5-6-12(24)10-13)34-11-14-16(29)21(22,23)17(35-14)27-9-8-15(28)25-19(27)31/h5-10,14,16-17,29H,4,11H2,1-3H3,(H,26,32)(H,25,28,31)/t14-,16-,17-,21+,37-/m1/s1. The van der Waals surface area contributed by atoms with Crippen molar-refractivity contribution in [1.82, 2.24) is 14.6 Å². The molecule has 204 valence electrons. The second-order valence-corrected chi connectivity index (χ2v) is 12.5. The number of halogens is 3. The zero-order chi connectivity index (χ0) is 27.6. The third-order valence-electron chi connectivity index (χ3n) is 5.12. The van der Waals surface area contributed by atoms with E-state index in [9.17, 15) is 28.4 Å². The van der Waals surface area contributed by atoms with E-state index in [0.717, 1.165) is 29.0 Å². The van der Waals surface area contributed by atoms with Crippen LogP contribution in [0.3, 0.4) is 0 Å². The van der Waals surface area contributed by atoms with Crippen molar-refractivity contribution >= 4 is 41.2 Å². The Labute approximate surface area is 223 Å². The number of nitrogens with one attached hydrogen (secondary N) is 2. The predicted octanol–water partition coefficient (Wildman–Crippen LogP) is 2.40. The van der Waals surface area contributed by atoms with Crippen LogP contribution in [0.4, 0.5) is 4.39 Å². The van der Waals surface area contributed by atoms with E-state index >= 15 is 0 Å². The van der Waals surface area contributed by atoms with Crippen molar-refractivity contribution in [3.05, 3.63) is 63.2 Å². The molecule has 1 aliphatic heterocycles. The number of ether oxygens (including phenoxy) is 2. The van der Waals surface area contributed by atoms with Gasteiger partial charge in [-0.05, 0) is 32.9 Å². The lowest BCUT2D eigenvalue weighted by molar-refractivity contribution is -0.149. The quantitative estimate of drug-likeness (QED) is 0.203. The second kappa shape index (κ2) is 11.4. The number of carbonyl (C=O) groups is 1. The molecule has 12 nitrogen and oxygen atoms in total. The van der Waals surface area contributed by atoms with Gasteiger partial charge in [-0.25, -0.2) is 13.8 Å². The minimum Gasteiger partial charge on any atom is -0.465 e. The molecule has 37 heavy (non-hydrogen) atoms. The van der Waals surface area contributed by atoms with E-state index in [0.29, 0.717) is 0 Å². The Bertz CT molecular complexity index is 1300. The SMILES string of the molecule is CCOC(=O)C(C)(C)N[P@@](=O)(OC[C@H]1O[C@@H](n2ccc(=O)[nH]c2=O)[C@](Cl)(Br)[C@@H]1O)Oc1cccc(F)c1. The van der Waals surface area contributed by atoms with Gasteiger partial charge in [0.1, 0.15) is 29.3 Å². The third-order valence-corrected chi connectivity index (χ3v) is 8.16. The Morgan fingerprint density at radius 1 is 1.41 bits per heavy atom. The Balaban J connectivity index is 1.86. The summed E-state index contributed by atoms with van der Waals surface area (Å²) in [4.78, 5) is 38.1. The number of carbonyl (C=O) groups excluding carboxylic acids is 1. The van der Waals surface area contributed by atoms with Gasteiger partial charge in [-0.1, -0.05) is 33.6 Å². The van der Waals surface area contributed by atoms with Crippen LogP contribution in [-0.4, -0.2) is 55.4 Å². The average Bonchev–Trinajstić information content (AvgIpc) is 3.01. The number of aromatic amines is 1. The average molecular weight is 629 g/mol. The summed E-state index contributed by atoms with van der Waals surface area (Å²) < 4.78 is 48.3. The molecule has 0 amide bonds. The normalized spacial score (nSPS) is 25.4. The van der Waals surface area contributed by atoms with E-state index in [4.69, 9.17) is 30.1 Å². The predicted molar refractivity (Wildman–Crippen MR) is 133 cm³/mol. The molecule has 0 radical (unpaired) electrons. The number of H-pyrrole nitrogens is 1. The number of aliphatic hydroxyl groups is 1. The van der Waals surface area contributed by atoms with Crippen molar-refractivity contribution in [2.75, 3.05) is 13.2 Å². The smallest absolute Gasteiger partial charge is 0.459 e. The summed E-state index contributed by atoms with van der Waals surface area (Å²) in [6.07, 6.45) is -3.01. The van der Waals surface area contributed by atoms with Crippen molar-refractivity contribution in [3.63, 3.8) is 0 Å². The highest BCUT2D eigenvalue weighted by Crippen LogP contribution is 2.51. The van der Waals surface area contributed by atoms with E-state index < -0.39 is 65.1 Å². The number of hydrogen-bond donors (Lipinski definition) is 3. The minimum atomic E-state index is -4.47. The van der Waals surface area contributed by atoms with Crippen LogP contribution < -0.4 is 20.9 Å². The minimum absolute atomic E-state index is 0.0521. The van der Waals surface area contributed by atoms with Crippen molar-refractivity contribution in [2.24, 2.45) is 0 Å². The van der Waals surface area contributed by atoms with Gasteiger partial charge >= 0.3 is 19.4 Å². The maximum Gasteiger partial charge on any atom is 0.459 e. The molecule has 0 spiro atoms. The molecule has 0 bridgehead atoms. The monoisotopic (exact) mass is 627 g/mol. The van der Waals surface area contributed by atoms with Crippen LogP contribution in [0.5, 0.6) is 5.75 Å². The molecule has 2 heterocycles. The van der Waals surface area contributed by atoms with E-state index in [1.807, 2.05) is 4.98 Å². The van der Waals surface area contributed by atoms with Gasteiger partial charge in [0, 0.05) is 18.3 Å². The van der Waals surface area contributed by atoms with Gasteiger partial charge < -0.3 is 19.1 Å². The molecule has 3 N–H and O–H groups in total. The van der Waals surface area contributed by atoms with E-state index in [-0.39, 0.29) is 12.4 Å². The number of nitrogens with zero attached hydrogens (tertiary/aromatic N) is 1. The lowest BCUT2D eigenvalue weighted by atomic mass is 10.1. The molecular formula is C21H25BrClFN3O9P. The fraction of sp³-hybridized carbons (Fsp3) is 0.476. The highest BCUT2D eigenvalue weighted by atomic mass is 79.9. The fourth-order valence-corrected chi connectivity index (χ4v) is 5.93. The van der Waals surface area contributed by atoms with Crippen LogP contribution in [0, 0.1) is 5.82 Å². The molecule has 2 aromatic rings. The van der Waals surface area contributed by atoms with E-state index in [2.05, 4.69) is 21.0 Å². The first-order chi connectivity index (χ1) is 17.2. The van der Waals surface area contributed by atoms with E-state index in [1.165, 1.54) is 26.0 Å². The maximum absolute atomic E-state index is 13.7. The topological polar surface area (TPSA) is 158 Å². The number of aliphatic hydroxyl groups excluding tert-OH is 1. The maximum atomic E-state index is 13.7.